The lowest BCUT2D eigenvalue weighted by atomic mass is 10.1. The molecule has 22 heavy (non-hydrogen) atoms. The Morgan fingerprint density at radius 3 is 2.55 bits per heavy atom. The second kappa shape index (κ2) is 7.24. The Kier molecular flexibility index (Phi) is 5.58. The topological polar surface area (TPSA) is 66.4 Å². The highest BCUT2D eigenvalue weighted by Gasteiger charge is 2.18. The predicted octanol–water partition coefficient (Wildman–Crippen LogP) is 2.53. The molecule has 2 N–H and O–H groups in total. The highest BCUT2D eigenvalue weighted by Crippen LogP contribution is 2.20. The van der Waals surface area contributed by atoms with Crippen LogP contribution in [-0.2, 0) is 16.4 Å². The predicted molar refractivity (Wildman–Crippen MR) is 87.5 cm³/mol. The molecule has 1 atom stereocenters. The van der Waals surface area contributed by atoms with Crippen LogP contribution < -0.4 is 4.72 Å². The molecule has 4 nitrogen and oxygen atoms in total. The third kappa shape index (κ3) is 4.55. The molecule has 0 bridgehead atoms. The summed E-state index contributed by atoms with van der Waals surface area (Å²) in [5.41, 5.74) is 1.56. The lowest BCUT2D eigenvalue weighted by Crippen LogP contribution is -2.33. The largest absolute Gasteiger partial charge is 0.391 e. The highest BCUT2D eigenvalue weighted by atomic mass is 35.5. The molecule has 0 aliphatic heterocycles. The van der Waals surface area contributed by atoms with Gasteiger partial charge in [0, 0.05) is 11.6 Å². The van der Waals surface area contributed by atoms with Crippen molar-refractivity contribution < 1.29 is 13.5 Å². The van der Waals surface area contributed by atoms with Crippen LogP contribution in [0.15, 0.2) is 53.4 Å². The number of benzene rings is 2. The van der Waals surface area contributed by atoms with Gasteiger partial charge >= 0.3 is 0 Å². The van der Waals surface area contributed by atoms with Crippen LogP contribution in [-0.4, -0.2) is 26.2 Å². The molecule has 0 amide bonds. The number of sulfonamides is 1. The van der Waals surface area contributed by atoms with Crippen molar-refractivity contribution in [1.82, 2.24) is 4.72 Å². The van der Waals surface area contributed by atoms with E-state index >= 15 is 0 Å². The summed E-state index contributed by atoms with van der Waals surface area (Å²) in [4.78, 5) is 0.131. The Bertz CT molecular complexity index is 732. The first-order valence-corrected chi connectivity index (χ1v) is 8.72. The maximum absolute atomic E-state index is 12.3. The van der Waals surface area contributed by atoms with Gasteiger partial charge in [-0.25, -0.2) is 13.1 Å². The van der Waals surface area contributed by atoms with E-state index < -0.39 is 16.1 Å². The molecule has 1 unspecified atom stereocenters. The van der Waals surface area contributed by atoms with Gasteiger partial charge in [-0.3, -0.25) is 0 Å². The standard InChI is InChI=1S/C16H18ClNO3S/c1-12-7-8-14(17)10-16(12)22(20,21)18-11-15(19)9-13-5-3-2-4-6-13/h2-8,10,15,18-19H,9,11H2,1H3. The fourth-order valence-electron chi connectivity index (χ4n) is 2.11. The van der Waals surface area contributed by atoms with E-state index in [4.69, 9.17) is 11.6 Å². The summed E-state index contributed by atoms with van der Waals surface area (Å²) >= 11 is 5.85. The maximum Gasteiger partial charge on any atom is 0.240 e. The number of halogens is 1. The summed E-state index contributed by atoms with van der Waals surface area (Å²) in [6.07, 6.45) is -0.408. The maximum atomic E-state index is 12.3. The van der Waals surface area contributed by atoms with Gasteiger partial charge in [-0.05, 0) is 36.6 Å². The minimum absolute atomic E-state index is 0.0524. The van der Waals surface area contributed by atoms with Crippen molar-refractivity contribution >= 4 is 21.6 Å². The van der Waals surface area contributed by atoms with Crippen LogP contribution in [0.25, 0.3) is 0 Å². The van der Waals surface area contributed by atoms with E-state index in [1.54, 1.807) is 19.1 Å². The molecule has 0 aliphatic rings. The fraction of sp³-hybridized carbons (Fsp3) is 0.250. The van der Waals surface area contributed by atoms with Crippen molar-refractivity contribution in [2.45, 2.75) is 24.3 Å². The van der Waals surface area contributed by atoms with Gasteiger partial charge in [-0.15, -0.1) is 0 Å². The molecule has 0 aliphatic carbocycles. The zero-order chi connectivity index (χ0) is 16.2. The van der Waals surface area contributed by atoms with E-state index in [9.17, 15) is 13.5 Å². The molecule has 6 heteroatoms. The third-order valence-corrected chi connectivity index (χ3v) is 5.06. The summed E-state index contributed by atoms with van der Waals surface area (Å²) < 4.78 is 27.0. The van der Waals surface area contributed by atoms with Crippen molar-refractivity contribution in [3.8, 4) is 0 Å². The molecular weight excluding hydrogens is 322 g/mol. The van der Waals surface area contributed by atoms with Crippen LogP contribution in [0.1, 0.15) is 11.1 Å². The summed E-state index contributed by atoms with van der Waals surface area (Å²) in [5.74, 6) is 0. The molecule has 0 saturated heterocycles. The van der Waals surface area contributed by atoms with Gasteiger partial charge in [0.25, 0.3) is 0 Å². The SMILES string of the molecule is Cc1ccc(Cl)cc1S(=O)(=O)NCC(O)Cc1ccccc1. The Hall–Kier alpha value is -1.40. The van der Waals surface area contributed by atoms with Gasteiger partial charge in [0.1, 0.15) is 0 Å². The monoisotopic (exact) mass is 339 g/mol. The zero-order valence-corrected chi connectivity index (χ0v) is 13.7. The van der Waals surface area contributed by atoms with Crippen LogP contribution in [0.4, 0.5) is 0 Å². The van der Waals surface area contributed by atoms with Crippen LogP contribution in [0.3, 0.4) is 0 Å². The second-order valence-electron chi connectivity index (χ2n) is 5.11. The first-order valence-electron chi connectivity index (χ1n) is 6.86. The van der Waals surface area contributed by atoms with Gasteiger partial charge in [0.15, 0.2) is 0 Å². The Morgan fingerprint density at radius 2 is 1.86 bits per heavy atom. The van der Waals surface area contributed by atoms with Crippen LogP contribution in [0, 0.1) is 6.92 Å². The van der Waals surface area contributed by atoms with Crippen molar-refractivity contribution in [1.29, 1.82) is 0 Å². The van der Waals surface area contributed by atoms with Gasteiger partial charge in [0.2, 0.25) is 10.0 Å². The van der Waals surface area contributed by atoms with E-state index in [1.807, 2.05) is 30.3 Å². The molecule has 2 aromatic carbocycles. The number of rotatable bonds is 6. The average molecular weight is 340 g/mol. The summed E-state index contributed by atoms with van der Waals surface area (Å²) in [7, 11) is -3.70. The first kappa shape index (κ1) is 17.0. The van der Waals surface area contributed by atoms with E-state index in [0.717, 1.165) is 5.56 Å². The van der Waals surface area contributed by atoms with Crippen molar-refractivity contribution in [3.05, 3.63) is 64.7 Å². The van der Waals surface area contributed by atoms with Crippen molar-refractivity contribution in [2.24, 2.45) is 0 Å². The second-order valence-corrected chi connectivity index (χ2v) is 7.28. The average Bonchev–Trinajstić information content (AvgIpc) is 2.49. The number of nitrogens with one attached hydrogen (secondary N) is 1. The minimum atomic E-state index is -3.70. The van der Waals surface area contributed by atoms with Crippen LogP contribution >= 0.6 is 11.6 Å². The number of hydrogen-bond donors (Lipinski definition) is 2. The van der Waals surface area contributed by atoms with Crippen LogP contribution in [0.2, 0.25) is 5.02 Å². The highest BCUT2D eigenvalue weighted by molar-refractivity contribution is 7.89. The van der Waals surface area contributed by atoms with Gasteiger partial charge < -0.3 is 5.11 Å². The molecule has 0 spiro atoms. The van der Waals surface area contributed by atoms with E-state index in [2.05, 4.69) is 4.72 Å². The quantitative estimate of drug-likeness (QED) is 0.850. The smallest absolute Gasteiger partial charge is 0.240 e. The molecule has 0 radical (unpaired) electrons. The molecular formula is C16H18ClNO3S. The Morgan fingerprint density at radius 1 is 1.18 bits per heavy atom. The third-order valence-electron chi connectivity index (χ3n) is 3.26. The van der Waals surface area contributed by atoms with Crippen LogP contribution in [0.5, 0.6) is 0 Å². The molecule has 0 aromatic heterocycles. The van der Waals surface area contributed by atoms with Gasteiger partial charge in [0.05, 0.1) is 11.0 Å². The molecule has 2 aromatic rings. The molecule has 0 fully saturated rings. The first-order chi connectivity index (χ1) is 10.4. The molecule has 2 rings (SSSR count). The lowest BCUT2D eigenvalue weighted by Gasteiger charge is -2.13. The Balaban J connectivity index is 2.02. The molecule has 118 valence electrons. The van der Waals surface area contributed by atoms with E-state index in [1.165, 1.54) is 6.07 Å². The van der Waals surface area contributed by atoms with E-state index in [0.29, 0.717) is 17.0 Å². The Labute approximate surface area is 135 Å². The van der Waals surface area contributed by atoms with E-state index in [-0.39, 0.29) is 11.4 Å². The summed E-state index contributed by atoms with van der Waals surface area (Å²) in [5, 5.41) is 10.3. The normalized spacial score (nSPS) is 13.0. The zero-order valence-electron chi connectivity index (χ0n) is 12.2. The molecule has 0 saturated carbocycles. The molecule has 0 heterocycles. The summed E-state index contributed by atoms with van der Waals surface area (Å²) in [6, 6.07) is 14.1. The van der Waals surface area contributed by atoms with Gasteiger partial charge in [-0.2, -0.15) is 0 Å². The lowest BCUT2D eigenvalue weighted by molar-refractivity contribution is 0.179. The van der Waals surface area contributed by atoms with Gasteiger partial charge in [-0.1, -0.05) is 48.0 Å². The summed E-state index contributed by atoms with van der Waals surface area (Å²) in [6.45, 7) is 1.65. The number of aliphatic hydroxyl groups excluding tert-OH is 1. The number of aliphatic hydroxyl groups is 1. The minimum Gasteiger partial charge on any atom is -0.391 e. The fourth-order valence-corrected chi connectivity index (χ4v) is 3.68. The number of hydrogen-bond acceptors (Lipinski definition) is 3. The van der Waals surface area contributed by atoms with Crippen molar-refractivity contribution in [3.63, 3.8) is 0 Å². The number of aryl methyl sites for hydroxylation is 1. The van der Waals surface area contributed by atoms with Crippen molar-refractivity contribution in [2.75, 3.05) is 6.54 Å².